The lowest BCUT2D eigenvalue weighted by Crippen LogP contribution is -2.64. The Morgan fingerprint density at radius 3 is 2.18 bits per heavy atom. The van der Waals surface area contributed by atoms with Gasteiger partial charge in [-0.3, -0.25) is 14.5 Å². The van der Waals surface area contributed by atoms with Crippen LogP contribution in [0.3, 0.4) is 0 Å². The van der Waals surface area contributed by atoms with Gasteiger partial charge >= 0.3 is 6.18 Å². The molecule has 0 saturated carbocycles. The Balaban J connectivity index is 1.06. The molecule has 10 heteroatoms. The van der Waals surface area contributed by atoms with Gasteiger partial charge in [0.15, 0.2) is 0 Å². The highest BCUT2D eigenvalue weighted by atomic mass is 19.4. The fourth-order valence-corrected chi connectivity index (χ4v) is 5.26. The molecule has 2 saturated heterocycles. The Hall–Kier alpha value is -4.18. The van der Waals surface area contributed by atoms with Crippen LogP contribution in [0.15, 0.2) is 79.1 Å². The van der Waals surface area contributed by atoms with E-state index in [-0.39, 0.29) is 17.9 Å². The molecule has 0 radical (unpaired) electrons. The van der Waals surface area contributed by atoms with Crippen molar-refractivity contribution in [2.75, 3.05) is 39.3 Å². The normalized spacial score (nSPS) is 16.9. The third-order valence-electron chi connectivity index (χ3n) is 7.55. The van der Waals surface area contributed by atoms with E-state index in [1.807, 2.05) is 46.2 Å². The van der Waals surface area contributed by atoms with Gasteiger partial charge < -0.3 is 14.4 Å². The van der Waals surface area contributed by atoms with Crippen LogP contribution in [0.1, 0.15) is 26.3 Å². The number of hydrogen-bond donors (Lipinski definition) is 0. The standard InChI is InChI=1S/C29H26F3N5O2/c30-29(31,32)23-7-9-26(33-17-23)37-11-10-21-16-22(6-8-25(21)37)28(39)36-18-24(19-36)34-12-14-35(15-13-34)27(38)20-4-2-1-3-5-20/h1-11,16-17,24H,12-15,18-19H2. The molecular formula is C29H26F3N5O2. The van der Waals surface area contributed by atoms with Crippen LogP contribution in [-0.2, 0) is 6.18 Å². The zero-order valence-corrected chi connectivity index (χ0v) is 21.0. The molecule has 0 spiro atoms. The maximum absolute atomic E-state index is 13.1. The van der Waals surface area contributed by atoms with Crippen LogP contribution < -0.4 is 0 Å². The van der Waals surface area contributed by atoms with Crippen LogP contribution in [0.25, 0.3) is 16.7 Å². The second-order valence-corrected chi connectivity index (χ2v) is 9.92. The smallest absolute Gasteiger partial charge is 0.336 e. The van der Waals surface area contributed by atoms with Crippen molar-refractivity contribution in [1.82, 2.24) is 24.3 Å². The number of aromatic nitrogens is 2. The zero-order chi connectivity index (χ0) is 27.1. The summed E-state index contributed by atoms with van der Waals surface area (Å²) in [4.78, 5) is 35.8. The first-order chi connectivity index (χ1) is 18.8. The second-order valence-electron chi connectivity index (χ2n) is 9.92. The third kappa shape index (κ3) is 4.87. The van der Waals surface area contributed by atoms with Crippen LogP contribution in [0.5, 0.6) is 0 Å². The van der Waals surface area contributed by atoms with Gasteiger partial charge in [-0.15, -0.1) is 0 Å². The highest BCUT2D eigenvalue weighted by Gasteiger charge is 2.37. The SMILES string of the molecule is O=C(c1ccccc1)N1CCN(C2CN(C(=O)c3ccc4c(ccn4-c4ccc(C(F)(F)F)cn4)c3)C2)CC1. The molecular weight excluding hydrogens is 507 g/mol. The van der Waals surface area contributed by atoms with Gasteiger partial charge in [-0.05, 0) is 48.5 Å². The van der Waals surface area contributed by atoms with Crippen LogP contribution in [0.4, 0.5) is 13.2 Å². The number of carbonyl (C=O) groups excluding carboxylic acids is 2. The zero-order valence-electron chi connectivity index (χ0n) is 21.0. The van der Waals surface area contributed by atoms with E-state index < -0.39 is 11.7 Å². The molecule has 2 aliphatic heterocycles. The number of carbonyl (C=O) groups is 2. The summed E-state index contributed by atoms with van der Waals surface area (Å²) < 4.78 is 40.3. The van der Waals surface area contributed by atoms with E-state index in [1.54, 1.807) is 29.0 Å². The van der Waals surface area contributed by atoms with Gasteiger partial charge in [0.25, 0.3) is 11.8 Å². The highest BCUT2D eigenvalue weighted by Crippen LogP contribution is 2.30. The maximum atomic E-state index is 13.1. The average Bonchev–Trinajstić information content (AvgIpc) is 3.35. The van der Waals surface area contributed by atoms with E-state index in [1.165, 1.54) is 6.07 Å². The monoisotopic (exact) mass is 533 g/mol. The van der Waals surface area contributed by atoms with Crippen molar-refractivity contribution in [3.63, 3.8) is 0 Å². The van der Waals surface area contributed by atoms with Gasteiger partial charge in [-0.25, -0.2) is 4.98 Å². The molecule has 2 amide bonds. The van der Waals surface area contributed by atoms with Crippen molar-refractivity contribution in [2.24, 2.45) is 0 Å². The number of likely N-dealkylation sites (tertiary alicyclic amines) is 1. The number of fused-ring (bicyclic) bond motifs is 1. The third-order valence-corrected chi connectivity index (χ3v) is 7.55. The summed E-state index contributed by atoms with van der Waals surface area (Å²) in [5.41, 5.74) is 1.22. The maximum Gasteiger partial charge on any atom is 0.417 e. The molecule has 4 aromatic rings. The van der Waals surface area contributed by atoms with E-state index in [2.05, 4.69) is 9.88 Å². The molecule has 7 nitrogen and oxygen atoms in total. The largest absolute Gasteiger partial charge is 0.417 e. The van der Waals surface area contributed by atoms with Gasteiger partial charge in [0.1, 0.15) is 5.82 Å². The Morgan fingerprint density at radius 2 is 1.51 bits per heavy atom. The number of alkyl halides is 3. The molecule has 2 aromatic carbocycles. The number of rotatable bonds is 4. The molecule has 4 heterocycles. The topological polar surface area (TPSA) is 61.7 Å². The lowest BCUT2D eigenvalue weighted by Gasteiger charge is -2.48. The molecule has 6 rings (SSSR count). The summed E-state index contributed by atoms with van der Waals surface area (Å²) in [6, 6.07) is 19.1. The van der Waals surface area contributed by atoms with Crippen LogP contribution in [0, 0.1) is 0 Å². The minimum atomic E-state index is -4.44. The quantitative estimate of drug-likeness (QED) is 0.392. The first-order valence-corrected chi connectivity index (χ1v) is 12.8. The summed E-state index contributed by atoms with van der Waals surface area (Å²) in [7, 11) is 0. The second kappa shape index (κ2) is 9.85. The summed E-state index contributed by atoms with van der Waals surface area (Å²) in [5, 5.41) is 0.804. The van der Waals surface area contributed by atoms with Crippen molar-refractivity contribution >= 4 is 22.7 Å². The Labute approximate surface area is 223 Å². The summed E-state index contributed by atoms with van der Waals surface area (Å²) in [6.07, 6.45) is -1.89. The minimum Gasteiger partial charge on any atom is -0.336 e. The molecule has 0 atom stereocenters. The molecule has 2 fully saturated rings. The molecule has 39 heavy (non-hydrogen) atoms. The van der Waals surface area contributed by atoms with Crippen LogP contribution >= 0.6 is 0 Å². The molecule has 0 aliphatic carbocycles. The van der Waals surface area contributed by atoms with E-state index in [0.29, 0.717) is 43.1 Å². The number of nitrogens with zero attached hydrogens (tertiary/aromatic N) is 5. The Kier molecular flexibility index (Phi) is 6.34. The number of halogens is 3. The molecule has 0 bridgehead atoms. The molecule has 0 unspecified atom stereocenters. The lowest BCUT2D eigenvalue weighted by atomic mass is 10.0. The summed E-state index contributed by atoms with van der Waals surface area (Å²) in [5.74, 6) is 0.374. The minimum absolute atomic E-state index is 0.0496. The van der Waals surface area contributed by atoms with Crippen molar-refractivity contribution in [3.8, 4) is 5.82 Å². The van der Waals surface area contributed by atoms with Gasteiger partial charge in [-0.1, -0.05) is 18.2 Å². The van der Waals surface area contributed by atoms with Crippen molar-refractivity contribution in [2.45, 2.75) is 12.2 Å². The van der Waals surface area contributed by atoms with Crippen molar-refractivity contribution in [1.29, 1.82) is 0 Å². The lowest BCUT2D eigenvalue weighted by molar-refractivity contribution is -0.137. The molecule has 200 valence electrons. The van der Waals surface area contributed by atoms with E-state index in [4.69, 9.17) is 0 Å². The predicted molar refractivity (Wildman–Crippen MR) is 140 cm³/mol. The number of benzene rings is 2. The average molecular weight is 534 g/mol. The Bertz CT molecular complexity index is 1500. The molecule has 0 N–H and O–H groups in total. The summed E-state index contributed by atoms with van der Waals surface area (Å²) in [6.45, 7) is 4.17. The highest BCUT2D eigenvalue weighted by molar-refractivity contribution is 5.99. The van der Waals surface area contributed by atoms with Crippen molar-refractivity contribution in [3.05, 3.63) is 95.8 Å². The van der Waals surface area contributed by atoms with Gasteiger partial charge in [0.2, 0.25) is 0 Å². The van der Waals surface area contributed by atoms with Gasteiger partial charge in [0, 0.05) is 74.2 Å². The van der Waals surface area contributed by atoms with Gasteiger partial charge in [-0.2, -0.15) is 13.2 Å². The number of pyridine rings is 1. The first kappa shape index (κ1) is 25.1. The number of piperazine rings is 1. The van der Waals surface area contributed by atoms with Crippen LogP contribution in [-0.4, -0.2) is 81.4 Å². The molecule has 2 aliphatic rings. The fourth-order valence-electron chi connectivity index (χ4n) is 5.26. The molecule has 2 aromatic heterocycles. The van der Waals surface area contributed by atoms with Crippen LogP contribution in [0.2, 0.25) is 0 Å². The number of hydrogen-bond acceptors (Lipinski definition) is 4. The van der Waals surface area contributed by atoms with E-state index >= 15 is 0 Å². The first-order valence-electron chi connectivity index (χ1n) is 12.8. The van der Waals surface area contributed by atoms with E-state index in [9.17, 15) is 22.8 Å². The van der Waals surface area contributed by atoms with Gasteiger partial charge in [0.05, 0.1) is 11.1 Å². The van der Waals surface area contributed by atoms with E-state index in [0.717, 1.165) is 36.3 Å². The fraction of sp³-hybridized carbons (Fsp3) is 0.276. The Morgan fingerprint density at radius 1 is 0.795 bits per heavy atom. The van der Waals surface area contributed by atoms with Crippen molar-refractivity contribution < 1.29 is 22.8 Å². The number of amides is 2. The summed E-state index contributed by atoms with van der Waals surface area (Å²) >= 11 is 0. The predicted octanol–water partition coefficient (Wildman–Crippen LogP) is 4.33.